The molecule has 102 valence electrons. The van der Waals surface area contributed by atoms with Gasteiger partial charge in [-0.3, -0.25) is 4.79 Å². The van der Waals surface area contributed by atoms with Crippen LogP contribution in [0.2, 0.25) is 0 Å². The maximum atomic E-state index is 11.9. The molecular weight excluding hydrogens is 312 g/mol. The van der Waals surface area contributed by atoms with Crippen molar-refractivity contribution in [1.82, 2.24) is 10.6 Å². The topological polar surface area (TPSA) is 41.1 Å². The van der Waals surface area contributed by atoms with Crippen LogP contribution < -0.4 is 10.6 Å². The standard InChI is InChI=1S/C13H21BrN2OS/c1-4-10(5-2)16-13(17)9(3)15-8-12-11(14)6-7-18-12/h6-7,9-10,15H,4-5,8H2,1-3H3,(H,16,17). The molecule has 0 saturated carbocycles. The number of thiophene rings is 1. The summed E-state index contributed by atoms with van der Waals surface area (Å²) in [6, 6.07) is 2.14. The van der Waals surface area contributed by atoms with Crippen molar-refractivity contribution in [2.45, 2.75) is 52.2 Å². The van der Waals surface area contributed by atoms with Gasteiger partial charge in [-0.15, -0.1) is 11.3 Å². The van der Waals surface area contributed by atoms with Crippen molar-refractivity contribution in [3.05, 3.63) is 20.8 Å². The van der Waals surface area contributed by atoms with Gasteiger partial charge in [-0.25, -0.2) is 0 Å². The summed E-state index contributed by atoms with van der Waals surface area (Å²) in [5, 5.41) is 8.34. The molecule has 0 aromatic carbocycles. The van der Waals surface area contributed by atoms with E-state index in [0.717, 1.165) is 23.9 Å². The van der Waals surface area contributed by atoms with Crippen molar-refractivity contribution in [3.63, 3.8) is 0 Å². The molecule has 0 aliphatic rings. The third kappa shape index (κ3) is 4.71. The van der Waals surface area contributed by atoms with E-state index in [1.807, 2.05) is 18.4 Å². The molecule has 0 aliphatic carbocycles. The minimum absolute atomic E-state index is 0.0800. The van der Waals surface area contributed by atoms with Gasteiger partial charge >= 0.3 is 0 Å². The summed E-state index contributed by atoms with van der Waals surface area (Å²) in [5.41, 5.74) is 0. The molecule has 0 radical (unpaired) electrons. The number of nitrogens with one attached hydrogen (secondary N) is 2. The normalized spacial score (nSPS) is 12.7. The average molecular weight is 333 g/mol. The van der Waals surface area contributed by atoms with Gasteiger partial charge in [0.05, 0.1) is 6.04 Å². The highest BCUT2D eigenvalue weighted by Crippen LogP contribution is 2.22. The van der Waals surface area contributed by atoms with E-state index < -0.39 is 0 Å². The molecule has 1 aromatic heterocycles. The Morgan fingerprint density at radius 1 is 1.44 bits per heavy atom. The molecular formula is C13H21BrN2OS. The molecule has 1 rings (SSSR count). The Morgan fingerprint density at radius 2 is 2.11 bits per heavy atom. The first-order chi connectivity index (χ1) is 8.58. The summed E-state index contributed by atoms with van der Waals surface area (Å²) in [6.07, 6.45) is 1.96. The number of hydrogen-bond acceptors (Lipinski definition) is 3. The number of rotatable bonds is 7. The first kappa shape index (κ1) is 15.7. The molecule has 0 fully saturated rings. The van der Waals surface area contributed by atoms with E-state index in [0.29, 0.717) is 0 Å². The van der Waals surface area contributed by atoms with Crippen LogP contribution in [-0.4, -0.2) is 18.0 Å². The lowest BCUT2D eigenvalue weighted by atomic mass is 10.1. The maximum absolute atomic E-state index is 11.9. The lowest BCUT2D eigenvalue weighted by Gasteiger charge is -2.19. The van der Waals surface area contributed by atoms with E-state index in [4.69, 9.17) is 0 Å². The molecule has 1 heterocycles. The van der Waals surface area contributed by atoms with Gasteiger partial charge in [-0.05, 0) is 47.1 Å². The molecule has 18 heavy (non-hydrogen) atoms. The van der Waals surface area contributed by atoms with Crippen LogP contribution in [0.25, 0.3) is 0 Å². The van der Waals surface area contributed by atoms with Gasteiger partial charge in [0.15, 0.2) is 0 Å². The molecule has 1 amide bonds. The second kappa shape index (κ2) is 7.92. The molecule has 0 saturated heterocycles. The van der Waals surface area contributed by atoms with Crippen LogP contribution in [0, 0.1) is 0 Å². The molecule has 1 unspecified atom stereocenters. The Morgan fingerprint density at radius 3 is 2.61 bits per heavy atom. The van der Waals surface area contributed by atoms with Gasteiger partial charge in [0, 0.05) is 21.9 Å². The lowest BCUT2D eigenvalue weighted by Crippen LogP contribution is -2.45. The largest absolute Gasteiger partial charge is 0.352 e. The maximum Gasteiger partial charge on any atom is 0.237 e. The van der Waals surface area contributed by atoms with Crippen molar-refractivity contribution in [2.24, 2.45) is 0 Å². The quantitative estimate of drug-likeness (QED) is 0.804. The van der Waals surface area contributed by atoms with Gasteiger partial charge in [0.25, 0.3) is 0 Å². The van der Waals surface area contributed by atoms with Crippen molar-refractivity contribution in [3.8, 4) is 0 Å². The van der Waals surface area contributed by atoms with Crippen LogP contribution in [0.1, 0.15) is 38.5 Å². The van der Waals surface area contributed by atoms with E-state index in [1.165, 1.54) is 4.88 Å². The predicted octanol–water partition coefficient (Wildman–Crippen LogP) is 3.29. The van der Waals surface area contributed by atoms with Gasteiger partial charge in [0.2, 0.25) is 5.91 Å². The molecule has 0 spiro atoms. The number of hydrogen-bond donors (Lipinski definition) is 2. The molecule has 0 aliphatic heterocycles. The third-order valence-electron chi connectivity index (χ3n) is 2.99. The zero-order chi connectivity index (χ0) is 13.5. The minimum atomic E-state index is -0.167. The second-order valence-electron chi connectivity index (χ2n) is 4.32. The summed E-state index contributed by atoms with van der Waals surface area (Å²) >= 11 is 5.17. The monoisotopic (exact) mass is 332 g/mol. The number of carbonyl (C=O) groups excluding carboxylic acids is 1. The summed E-state index contributed by atoms with van der Waals surface area (Å²) in [5.74, 6) is 0.0800. The predicted molar refractivity (Wildman–Crippen MR) is 80.8 cm³/mol. The van der Waals surface area contributed by atoms with Crippen molar-refractivity contribution in [2.75, 3.05) is 0 Å². The zero-order valence-electron chi connectivity index (χ0n) is 11.1. The van der Waals surface area contributed by atoms with Gasteiger partial charge < -0.3 is 10.6 Å². The highest BCUT2D eigenvalue weighted by molar-refractivity contribution is 9.10. The third-order valence-corrected chi connectivity index (χ3v) is 4.91. The fraction of sp³-hybridized carbons (Fsp3) is 0.615. The summed E-state index contributed by atoms with van der Waals surface area (Å²) in [4.78, 5) is 13.2. The Labute approximate surface area is 121 Å². The summed E-state index contributed by atoms with van der Waals surface area (Å²) < 4.78 is 1.10. The van der Waals surface area contributed by atoms with Crippen LogP contribution in [0.4, 0.5) is 0 Å². The van der Waals surface area contributed by atoms with E-state index in [9.17, 15) is 4.79 Å². The Balaban J connectivity index is 2.38. The lowest BCUT2D eigenvalue weighted by molar-refractivity contribution is -0.123. The van der Waals surface area contributed by atoms with Crippen molar-refractivity contribution >= 4 is 33.2 Å². The fourth-order valence-corrected chi connectivity index (χ4v) is 3.05. The van der Waals surface area contributed by atoms with Crippen molar-refractivity contribution < 1.29 is 4.79 Å². The number of amides is 1. The molecule has 3 nitrogen and oxygen atoms in total. The van der Waals surface area contributed by atoms with Gasteiger partial charge in [0.1, 0.15) is 0 Å². The molecule has 1 aromatic rings. The van der Waals surface area contributed by atoms with Crippen molar-refractivity contribution in [1.29, 1.82) is 0 Å². The van der Waals surface area contributed by atoms with Crippen LogP contribution in [-0.2, 0) is 11.3 Å². The van der Waals surface area contributed by atoms with Crippen LogP contribution in [0.3, 0.4) is 0 Å². The molecule has 2 N–H and O–H groups in total. The first-order valence-electron chi connectivity index (χ1n) is 6.34. The first-order valence-corrected chi connectivity index (χ1v) is 8.01. The number of carbonyl (C=O) groups is 1. The molecule has 1 atom stereocenters. The minimum Gasteiger partial charge on any atom is -0.352 e. The zero-order valence-corrected chi connectivity index (χ0v) is 13.5. The summed E-state index contributed by atoms with van der Waals surface area (Å²) in [7, 11) is 0. The smallest absolute Gasteiger partial charge is 0.237 e. The van der Waals surface area contributed by atoms with Crippen LogP contribution in [0.5, 0.6) is 0 Å². The Hall–Kier alpha value is -0.390. The average Bonchev–Trinajstić information content (AvgIpc) is 2.78. The Bertz CT molecular complexity index is 377. The van der Waals surface area contributed by atoms with E-state index in [1.54, 1.807) is 11.3 Å². The van der Waals surface area contributed by atoms with Gasteiger partial charge in [-0.1, -0.05) is 13.8 Å². The highest BCUT2D eigenvalue weighted by atomic mass is 79.9. The van der Waals surface area contributed by atoms with E-state index >= 15 is 0 Å². The van der Waals surface area contributed by atoms with E-state index in [2.05, 4.69) is 40.4 Å². The van der Waals surface area contributed by atoms with Crippen LogP contribution in [0.15, 0.2) is 15.9 Å². The molecule has 5 heteroatoms. The fourth-order valence-electron chi connectivity index (χ4n) is 1.61. The van der Waals surface area contributed by atoms with Gasteiger partial charge in [-0.2, -0.15) is 0 Å². The highest BCUT2D eigenvalue weighted by Gasteiger charge is 2.15. The Kier molecular flexibility index (Phi) is 6.89. The van der Waals surface area contributed by atoms with Crippen LogP contribution >= 0.6 is 27.3 Å². The molecule has 0 bridgehead atoms. The van der Waals surface area contributed by atoms with E-state index in [-0.39, 0.29) is 18.0 Å². The second-order valence-corrected chi connectivity index (χ2v) is 6.17. The number of halogens is 1. The summed E-state index contributed by atoms with van der Waals surface area (Å²) in [6.45, 7) is 6.81. The SMILES string of the molecule is CCC(CC)NC(=O)C(C)NCc1sccc1Br.